The molecular formula is C16H24B2. The van der Waals surface area contributed by atoms with Gasteiger partial charge in [0, 0.05) is 0 Å². The number of fused-ring (bicyclic) bond motifs is 2. The summed E-state index contributed by atoms with van der Waals surface area (Å²) in [6.07, 6.45) is 8.45. The molecule has 5 unspecified atom stereocenters. The van der Waals surface area contributed by atoms with Gasteiger partial charge < -0.3 is 0 Å². The Morgan fingerprint density at radius 3 is 2.33 bits per heavy atom. The van der Waals surface area contributed by atoms with Crippen LogP contribution < -0.4 is 0 Å². The van der Waals surface area contributed by atoms with E-state index in [1.807, 2.05) is 0 Å². The molecule has 4 radical (unpaired) electrons. The van der Waals surface area contributed by atoms with Gasteiger partial charge >= 0.3 is 0 Å². The van der Waals surface area contributed by atoms with Crippen LogP contribution in [0.2, 0.25) is 5.21 Å². The molecule has 0 amide bonds. The Kier molecular flexibility index (Phi) is 1.93. The highest BCUT2D eigenvalue weighted by Gasteiger charge is 2.73. The van der Waals surface area contributed by atoms with E-state index in [1.165, 1.54) is 38.5 Å². The first-order chi connectivity index (χ1) is 8.20. The highest BCUT2D eigenvalue weighted by Crippen LogP contribution is 2.83. The molecule has 4 aliphatic rings. The van der Waals surface area contributed by atoms with Crippen LogP contribution in [-0.4, -0.2) is 15.7 Å². The number of hydrogen-bond donors (Lipinski definition) is 0. The number of hydrogen-bond acceptors (Lipinski definition) is 0. The third-order valence-electron chi connectivity index (χ3n) is 7.58. The molecule has 2 heteroatoms. The van der Waals surface area contributed by atoms with Crippen LogP contribution in [0.25, 0.3) is 0 Å². The Bertz CT molecular complexity index is 404. The van der Waals surface area contributed by atoms with Gasteiger partial charge in [0.2, 0.25) is 0 Å². The van der Waals surface area contributed by atoms with E-state index in [-0.39, 0.29) is 10.8 Å². The van der Waals surface area contributed by atoms with Crippen LogP contribution in [0.3, 0.4) is 0 Å². The lowest BCUT2D eigenvalue weighted by atomic mass is 9.32. The van der Waals surface area contributed by atoms with Crippen LogP contribution in [0.4, 0.5) is 0 Å². The second-order valence-corrected chi connectivity index (χ2v) is 9.15. The van der Waals surface area contributed by atoms with Gasteiger partial charge in [0.05, 0.1) is 15.7 Å². The summed E-state index contributed by atoms with van der Waals surface area (Å²) in [6, 6.07) is 0. The Balaban J connectivity index is 1.78. The molecule has 4 saturated carbocycles. The summed E-state index contributed by atoms with van der Waals surface area (Å²) in [7, 11) is 13.5. The molecule has 3 bridgehead atoms. The lowest BCUT2D eigenvalue weighted by molar-refractivity contribution is -0.00637. The Morgan fingerprint density at radius 1 is 0.944 bits per heavy atom. The molecule has 0 aromatic carbocycles. The van der Waals surface area contributed by atoms with Crippen molar-refractivity contribution >= 4 is 15.7 Å². The molecule has 0 aromatic rings. The van der Waals surface area contributed by atoms with Crippen LogP contribution >= 0.6 is 0 Å². The van der Waals surface area contributed by atoms with Crippen molar-refractivity contribution in [3.05, 3.63) is 0 Å². The second-order valence-electron chi connectivity index (χ2n) is 9.15. The minimum Gasteiger partial charge on any atom is -0.0889 e. The highest BCUT2D eigenvalue weighted by molar-refractivity contribution is 6.41. The van der Waals surface area contributed by atoms with E-state index in [0.717, 1.165) is 17.8 Å². The highest BCUT2D eigenvalue weighted by atomic mass is 14.8. The van der Waals surface area contributed by atoms with Crippen LogP contribution in [0.5, 0.6) is 0 Å². The van der Waals surface area contributed by atoms with E-state index in [0.29, 0.717) is 5.41 Å². The zero-order valence-electron chi connectivity index (χ0n) is 12.1. The smallest absolute Gasteiger partial charge is 0.0635 e. The first-order valence-electron chi connectivity index (χ1n) is 7.78. The summed E-state index contributed by atoms with van der Waals surface area (Å²) in [6.45, 7) is 6.69. The summed E-state index contributed by atoms with van der Waals surface area (Å²) < 4.78 is 0. The Hall–Kier alpha value is 0.130. The lowest BCUT2D eigenvalue weighted by Gasteiger charge is -2.57. The molecule has 1 spiro atoms. The van der Waals surface area contributed by atoms with Crippen molar-refractivity contribution in [2.24, 2.45) is 34.0 Å². The normalized spacial score (nSPS) is 53.4. The van der Waals surface area contributed by atoms with Crippen LogP contribution in [0.1, 0.15) is 59.3 Å². The van der Waals surface area contributed by atoms with Gasteiger partial charge in [-0.3, -0.25) is 0 Å². The predicted molar refractivity (Wildman–Crippen MR) is 76.7 cm³/mol. The Morgan fingerprint density at radius 2 is 1.67 bits per heavy atom. The average molecular weight is 238 g/mol. The van der Waals surface area contributed by atoms with Gasteiger partial charge in [-0.05, 0) is 72.5 Å². The molecule has 0 aromatic heterocycles. The van der Waals surface area contributed by atoms with Crippen molar-refractivity contribution in [3.63, 3.8) is 0 Å². The first kappa shape index (κ1) is 11.9. The lowest BCUT2D eigenvalue weighted by Crippen LogP contribution is -2.47. The maximum atomic E-state index is 6.75. The molecule has 4 rings (SSSR count). The quantitative estimate of drug-likeness (QED) is 0.611. The topological polar surface area (TPSA) is 0 Å². The third-order valence-corrected chi connectivity index (χ3v) is 7.58. The fourth-order valence-electron chi connectivity index (χ4n) is 6.64. The van der Waals surface area contributed by atoms with Crippen molar-refractivity contribution in [2.75, 3.05) is 0 Å². The standard InChI is InChI=1S/C16H24B2/c1-13(2,3)16(17,18)14-6-10-4-11-5-12(8-14)15(11,7-10)9-14/h10-12H,4-9H2,1-3H3. The summed E-state index contributed by atoms with van der Waals surface area (Å²) in [5.41, 5.74) is 0.932. The van der Waals surface area contributed by atoms with E-state index in [9.17, 15) is 0 Å². The fraction of sp³-hybridized carbons (Fsp3) is 1.00. The SMILES string of the molecule is [B]C([B])(C(C)(C)C)C12CC3CC4CC(C1)C4(C3)C2. The van der Waals surface area contributed by atoms with Crippen LogP contribution in [0.15, 0.2) is 0 Å². The van der Waals surface area contributed by atoms with Crippen molar-refractivity contribution in [1.29, 1.82) is 0 Å². The molecule has 5 atom stereocenters. The van der Waals surface area contributed by atoms with E-state index in [2.05, 4.69) is 20.8 Å². The van der Waals surface area contributed by atoms with Crippen molar-refractivity contribution in [2.45, 2.75) is 64.5 Å². The predicted octanol–water partition coefficient (Wildman–Crippen LogP) is 3.70. The number of rotatable bonds is 1. The van der Waals surface area contributed by atoms with E-state index in [4.69, 9.17) is 15.7 Å². The molecule has 4 fully saturated rings. The monoisotopic (exact) mass is 238 g/mol. The summed E-state index contributed by atoms with van der Waals surface area (Å²) >= 11 is 0. The van der Waals surface area contributed by atoms with Gasteiger partial charge in [-0.2, -0.15) is 0 Å². The van der Waals surface area contributed by atoms with Gasteiger partial charge in [0.1, 0.15) is 0 Å². The average Bonchev–Trinajstić information content (AvgIpc) is 2.53. The Labute approximate surface area is 114 Å². The zero-order chi connectivity index (χ0) is 13.0. The largest absolute Gasteiger partial charge is 0.0889 e. The molecule has 94 valence electrons. The molecule has 0 heterocycles. The summed E-state index contributed by atoms with van der Waals surface area (Å²) in [5, 5.41) is -0.502. The maximum absolute atomic E-state index is 6.75. The van der Waals surface area contributed by atoms with Crippen molar-refractivity contribution < 1.29 is 0 Å². The third kappa shape index (κ3) is 1.06. The van der Waals surface area contributed by atoms with Gasteiger partial charge in [-0.1, -0.05) is 26.0 Å². The minimum atomic E-state index is -0.502. The summed E-state index contributed by atoms with van der Waals surface area (Å²) in [4.78, 5) is 0. The van der Waals surface area contributed by atoms with Gasteiger partial charge in [-0.25, -0.2) is 0 Å². The molecular weight excluding hydrogens is 214 g/mol. The fourth-order valence-corrected chi connectivity index (χ4v) is 6.64. The van der Waals surface area contributed by atoms with E-state index in [1.54, 1.807) is 0 Å². The van der Waals surface area contributed by atoms with Crippen molar-refractivity contribution in [1.82, 2.24) is 0 Å². The molecule has 0 N–H and O–H groups in total. The second kappa shape index (κ2) is 2.91. The molecule has 4 aliphatic carbocycles. The van der Waals surface area contributed by atoms with E-state index >= 15 is 0 Å². The minimum absolute atomic E-state index is 0.000301. The molecule has 0 saturated heterocycles. The van der Waals surface area contributed by atoms with Crippen LogP contribution in [-0.2, 0) is 0 Å². The van der Waals surface area contributed by atoms with Crippen molar-refractivity contribution in [3.8, 4) is 0 Å². The molecule has 18 heavy (non-hydrogen) atoms. The first-order valence-corrected chi connectivity index (χ1v) is 7.78. The van der Waals surface area contributed by atoms with E-state index < -0.39 is 5.21 Å². The zero-order valence-corrected chi connectivity index (χ0v) is 12.1. The van der Waals surface area contributed by atoms with Gasteiger partial charge in [0.25, 0.3) is 0 Å². The molecule has 0 nitrogen and oxygen atoms in total. The van der Waals surface area contributed by atoms with Crippen LogP contribution in [0, 0.1) is 34.0 Å². The summed E-state index contributed by atoms with van der Waals surface area (Å²) in [5.74, 6) is 2.93. The maximum Gasteiger partial charge on any atom is 0.0635 e. The molecule has 0 aliphatic heterocycles. The van der Waals surface area contributed by atoms with Gasteiger partial charge in [0.15, 0.2) is 0 Å². The van der Waals surface area contributed by atoms with Gasteiger partial charge in [-0.15, -0.1) is 0 Å².